The van der Waals surface area contributed by atoms with Gasteiger partial charge in [0.25, 0.3) is 0 Å². The lowest BCUT2D eigenvalue weighted by Crippen LogP contribution is -2.57. The molecular formula is C15H27N3O3. The Balaban J connectivity index is 1.97. The summed E-state index contributed by atoms with van der Waals surface area (Å²) in [6.45, 7) is 8.51. The minimum absolute atomic E-state index is 0.0808. The number of carbonyl (C=O) groups is 2. The van der Waals surface area contributed by atoms with Gasteiger partial charge in [-0.15, -0.1) is 0 Å². The maximum atomic E-state index is 12.2. The molecule has 3 amide bonds. The molecule has 6 heteroatoms. The third-order valence-corrected chi connectivity index (χ3v) is 3.95. The second-order valence-electron chi connectivity index (χ2n) is 6.97. The minimum Gasteiger partial charge on any atom is -0.444 e. The Kier molecular flexibility index (Phi) is 4.64. The lowest BCUT2D eigenvalue weighted by atomic mass is 10.0. The van der Waals surface area contributed by atoms with Gasteiger partial charge in [-0.1, -0.05) is 0 Å². The molecule has 0 aromatic carbocycles. The summed E-state index contributed by atoms with van der Waals surface area (Å²) in [5.74, 6) is 0. The van der Waals surface area contributed by atoms with Crippen LogP contribution in [0.1, 0.15) is 40.0 Å². The molecule has 0 spiro atoms. The Morgan fingerprint density at radius 1 is 1.19 bits per heavy atom. The predicted octanol–water partition coefficient (Wildman–Crippen LogP) is 2.14. The van der Waals surface area contributed by atoms with Crippen LogP contribution in [0.4, 0.5) is 9.59 Å². The monoisotopic (exact) mass is 297 g/mol. The fraction of sp³-hybridized carbons (Fsp3) is 0.867. The third-order valence-electron chi connectivity index (χ3n) is 3.95. The lowest BCUT2D eigenvalue weighted by molar-refractivity contribution is 0.0106. The van der Waals surface area contributed by atoms with Crippen LogP contribution in [0.15, 0.2) is 0 Å². The van der Waals surface area contributed by atoms with E-state index >= 15 is 0 Å². The molecule has 21 heavy (non-hydrogen) atoms. The molecule has 2 saturated heterocycles. The number of ether oxygens (including phenoxy) is 1. The quantitative estimate of drug-likeness (QED) is 0.745. The molecule has 120 valence electrons. The second kappa shape index (κ2) is 6.12. The highest BCUT2D eigenvalue weighted by molar-refractivity contribution is 5.75. The summed E-state index contributed by atoms with van der Waals surface area (Å²) in [6, 6.07) is 0.193. The van der Waals surface area contributed by atoms with Gasteiger partial charge in [0, 0.05) is 33.2 Å². The van der Waals surface area contributed by atoms with Gasteiger partial charge >= 0.3 is 12.1 Å². The van der Waals surface area contributed by atoms with Crippen molar-refractivity contribution in [3.8, 4) is 0 Å². The third kappa shape index (κ3) is 4.02. The van der Waals surface area contributed by atoms with E-state index in [4.69, 9.17) is 4.74 Å². The van der Waals surface area contributed by atoms with Gasteiger partial charge in [0.1, 0.15) is 5.60 Å². The summed E-state index contributed by atoms with van der Waals surface area (Å²) >= 11 is 0. The van der Waals surface area contributed by atoms with Crippen LogP contribution in [0.2, 0.25) is 0 Å². The van der Waals surface area contributed by atoms with Gasteiger partial charge in [0.2, 0.25) is 0 Å². The molecule has 1 unspecified atom stereocenters. The van der Waals surface area contributed by atoms with Gasteiger partial charge in [-0.05, 0) is 40.0 Å². The first-order chi connectivity index (χ1) is 9.78. The van der Waals surface area contributed by atoms with Crippen molar-refractivity contribution in [2.45, 2.75) is 51.7 Å². The van der Waals surface area contributed by atoms with Gasteiger partial charge in [0.05, 0.1) is 6.04 Å². The number of nitrogens with zero attached hydrogens (tertiary/aromatic N) is 3. The molecule has 2 aliphatic heterocycles. The number of likely N-dealkylation sites (tertiary alicyclic amines) is 1. The topological polar surface area (TPSA) is 53.1 Å². The fourth-order valence-electron chi connectivity index (χ4n) is 2.93. The van der Waals surface area contributed by atoms with Crippen LogP contribution in [0, 0.1) is 0 Å². The van der Waals surface area contributed by atoms with E-state index in [1.807, 2.05) is 32.7 Å². The molecular weight excluding hydrogens is 270 g/mol. The smallest absolute Gasteiger partial charge is 0.410 e. The van der Waals surface area contributed by atoms with Crippen LogP contribution in [-0.2, 0) is 4.74 Å². The largest absolute Gasteiger partial charge is 0.444 e. The molecule has 1 atom stereocenters. The summed E-state index contributed by atoms with van der Waals surface area (Å²) in [6.07, 6.45) is 2.59. The molecule has 0 aromatic heterocycles. The second-order valence-corrected chi connectivity index (χ2v) is 6.97. The first kappa shape index (κ1) is 15.9. The van der Waals surface area contributed by atoms with Crippen LogP contribution in [0.25, 0.3) is 0 Å². The number of hydrogen-bond acceptors (Lipinski definition) is 3. The van der Waals surface area contributed by atoms with Crippen molar-refractivity contribution in [1.82, 2.24) is 14.7 Å². The van der Waals surface area contributed by atoms with Gasteiger partial charge in [-0.25, -0.2) is 9.59 Å². The highest BCUT2D eigenvalue weighted by atomic mass is 16.6. The normalized spacial score (nSPS) is 24.3. The van der Waals surface area contributed by atoms with E-state index in [0.717, 1.165) is 32.4 Å². The van der Waals surface area contributed by atoms with Crippen molar-refractivity contribution in [3.05, 3.63) is 0 Å². The van der Waals surface area contributed by atoms with Gasteiger partial charge in [-0.2, -0.15) is 0 Å². The zero-order valence-corrected chi connectivity index (χ0v) is 13.6. The molecule has 0 radical (unpaired) electrons. The zero-order valence-electron chi connectivity index (χ0n) is 13.6. The van der Waals surface area contributed by atoms with E-state index < -0.39 is 5.60 Å². The molecule has 0 aromatic rings. The van der Waals surface area contributed by atoms with Crippen molar-refractivity contribution in [1.29, 1.82) is 0 Å². The Hall–Kier alpha value is -1.46. The van der Waals surface area contributed by atoms with E-state index in [9.17, 15) is 9.59 Å². The average Bonchev–Trinajstić information content (AvgIpc) is 2.40. The first-order valence-corrected chi connectivity index (χ1v) is 7.77. The van der Waals surface area contributed by atoms with E-state index in [1.165, 1.54) is 0 Å². The summed E-state index contributed by atoms with van der Waals surface area (Å²) in [7, 11) is 1.84. The molecule has 0 N–H and O–H groups in total. The standard InChI is InChI=1S/C15H27N3O3/c1-15(2,3)21-14(20)17-9-5-7-12(11-17)18-10-6-8-16(4)13(18)19/h12H,5-11H2,1-4H3. The number of piperidine rings is 1. The van der Waals surface area contributed by atoms with E-state index in [0.29, 0.717) is 13.1 Å². The van der Waals surface area contributed by atoms with Gasteiger partial charge in [-0.3, -0.25) is 0 Å². The molecule has 2 rings (SSSR count). The molecule has 2 heterocycles. The summed E-state index contributed by atoms with van der Waals surface area (Å²) < 4.78 is 5.43. The van der Waals surface area contributed by atoms with E-state index in [1.54, 1.807) is 9.80 Å². The van der Waals surface area contributed by atoms with E-state index in [-0.39, 0.29) is 18.2 Å². The molecule has 0 saturated carbocycles. The number of urea groups is 1. The summed E-state index contributed by atoms with van der Waals surface area (Å²) in [5, 5.41) is 0. The molecule has 0 aliphatic carbocycles. The van der Waals surface area contributed by atoms with Crippen LogP contribution in [0.3, 0.4) is 0 Å². The van der Waals surface area contributed by atoms with E-state index in [2.05, 4.69) is 0 Å². The van der Waals surface area contributed by atoms with Gasteiger partial charge in [0.15, 0.2) is 0 Å². The van der Waals surface area contributed by atoms with Crippen LogP contribution >= 0.6 is 0 Å². The first-order valence-electron chi connectivity index (χ1n) is 7.77. The Bertz CT molecular complexity index is 405. The van der Waals surface area contributed by atoms with Crippen molar-refractivity contribution < 1.29 is 14.3 Å². The van der Waals surface area contributed by atoms with Crippen LogP contribution in [0.5, 0.6) is 0 Å². The Labute approximate surface area is 127 Å². The summed E-state index contributed by atoms with van der Waals surface area (Å²) in [5.41, 5.74) is -0.481. The van der Waals surface area contributed by atoms with Crippen molar-refractivity contribution in [2.24, 2.45) is 0 Å². The van der Waals surface area contributed by atoms with Crippen LogP contribution in [-0.4, -0.2) is 71.7 Å². The average molecular weight is 297 g/mol. The number of amides is 3. The number of rotatable bonds is 1. The Morgan fingerprint density at radius 3 is 2.57 bits per heavy atom. The van der Waals surface area contributed by atoms with Gasteiger partial charge < -0.3 is 19.4 Å². The number of carbonyl (C=O) groups excluding carboxylic acids is 2. The maximum absolute atomic E-state index is 12.2. The SMILES string of the molecule is CN1CCCN(C2CCCN(C(=O)OC(C)(C)C)C2)C1=O. The highest BCUT2D eigenvalue weighted by Crippen LogP contribution is 2.21. The molecule has 6 nitrogen and oxygen atoms in total. The molecule has 2 fully saturated rings. The Morgan fingerprint density at radius 2 is 1.90 bits per heavy atom. The van der Waals surface area contributed by atoms with Crippen molar-refractivity contribution in [2.75, 3.05) is 33.2 Å². The molecule has 0 bridgehead atoms. The molecule has 2 aliphatic rings. The zero-order chi connectivity index (χ0) is 15.6. The fourth-order valence-corrected chi connectivity index (χ4v) is 2.93. The predicted molar refractivity (Wildman–Crippen MR) is 80.2 cm³/mol. The number of hydrogen-bond donors (Lipinski definition) is 0. The van der Waals surface area contributed by atoms with Crippen molar-refractivity contribution >= 4 is 12.1 Å². The summed E-state index contributed by atoms with van der Waals surface area (Å²) in [4.78, 5) is 29.8. The van der Waals surface area contributed by atoms with Crippen LogP contribution < -0.4 is 0 Å². The highest BCUT2D eigenvalue weighted by Gasteiger charge is 2.34. The minimum atomic E-state index is -0.481. The maximum Gasteiger partial charge on any atom is 0.410 e. The van der Waals surface area contributed by atoms with Crippen molar-refractivity contribution in [3.63, 3.8) is 0 Å². The lowest BCUT2D eigenvalue weighted by Gasteiger charge is -2.43.